The van der Waals surface area contributed by atoms with E-state index >= 15 is 0 Å². The molecule has 2 aromatic rings. The van der Waals surface area contributed by atoms with Crippen LogP contribution in [-0.4, -0.2) is 39.9 Å². The molecule has 0 spiro atoms. The first-order chi connectivity index (χ1) is 17.5. The van der Waals surface area contributed by atoms with Crippen LogP contribution in [0.25, 0.3) is 0 Å². The molecule has 1 saturated heterocycles. The summed E-state index contributed by atoms with van der Waals surface area (Å²) in [4.78, 5) is 45.6. The quantitative estimate of drug-likeness (QED) is 0.399. The van der Waals surface area contributed by atoms with Crippen molar-refractivity contribution in [2.45, 2.75) is 98.7 Å². The molecule has 1 aromatic heterocycles. The summed E-state index contributed by atoms with van der Waals surface area (Å²) in [7, 11) is 0. The molecule has 0 radical (unpaired) electrons. The van der Waals surface area contributed by atoms with Crippen molar-refractivity contribution in [1.29, 1.82) is 0 Å². The number of hydrogen-bond donors (Lipinski definition) is 2. The van der Waals surface area contributed by atoms with Gasteiger partial charge in [-0.1, -0.05) is 67.0 Å². The number of benzene rings is 1. The summed E-state index contributed by atoms with van der Waals surface area (Å²) in [5.41, 5.74) is 2.45. The number of pyridine rings is 1. The van der Waals surface area contributed by atoms with Gasteiger partial charge in [0.05, 0.1) is 5.69 Å². The van der Waals surface area contributed by atoms with Crippen LogP contribution >= 0.6 is 0 Å². The number of rotatable bonds is 8. The van der Waals surface area contributed by atoms with Crippen molar-refractivity contribution >= 4 is 29.5 Å². The van der Waals surface area contributed by atoms with Gasteiger partial charge in [0.1, 0.15) is 11.9 Å². The van der Waals surface area contributed by atoms with E-state index in [4.69, 9.17) is 0 Å². The van der Waals surface area contributed by atoms with Crippen LogP contribution in [0.2, 0.25) is 0 Å². The lowest BCUT2D eigenvalue weighted by atomic mass is 9.87. The number of aromatic nitrogens is 1. The van der Waals surface area contributed by atoms with Crippen molar-refractivity contribution in [2.75, 3.05) is 10.2 Å². The van der Waals surface area contributed by atoms with Crippen LogP contribution in [0.15, 0.2) is 42.6 Å². The molecule has 8 nitrogen and oxygen atoms in total. The molecule has 2 unspecified atom stereocenters. The maximum Gasteiger partial charge on any atom is 0.332 e. The molecule has 0 saturated carbocycles. The fraction of sp³-hybridized carbons (Fsp3) is 0.517. The van der Waals surface area contributed by atoms with Crippen LogP contribution in [0.1, 0.15) is 85.8 Å². The Hall–Kier alpha value is -3.42. The minimum Gasteiger partial charge on any atom is -0.335 e. The van der Waals surface area contributed by atoms with Gasteiger partial charge < -0.3 is 10.2 Å². The van der Waals surface area contributed by atoms with Gasteiger partial charge in [-0.15, -0.1) is 0 Å². The summed E-state index contributed by atoms with van der Waals surface area (Å²) < 4.78 is 0. The van der Waals surface area contributed by atoms with Crippen LogP contribution < -0.4 is 15.5 Å². The maximum absolute atomic E-state index is 13.2. The number of nitrogens with zero attached hydrogens (tertiary/aromatic N) is 3. The van der Waals surface area contributed by atoms with Crippen molar-refractivity contribution in [3.63, 3.8) is 0 Å². The number of carbonyl (C=O) groups is 3. The number of amides is 5. The van der Waals surface area contributed by atoms with Gasteiger partial charge in [-0.2, -0.15) is 0 Å². The van der Waals surface area contributed by atoms with Crippen molar-refractivity contribution in [2.24, 2.45) is 0 Å². The third-order valence-electron chi connectivity index (χ3n) is 6.36. The average Bonchev–Trinajstić information content (AvgIpc) is 3.07. The SMILES string of the molecule is CC.CCCC(CC)NC(=O)Nc1cc(CN2C(=O)N(c3ccc(C(C)(C)C)cc3)C(=O)C2C)ccn1. The number of carbonyl (C=O) groups excluding carboxylic acids is 3. The highest BCUT2D eigenvalue weighted by molar-refractivity contribution is 6.21. The van der Waals surface area contributed by atoms with E-state index in [-0.39, 0.29) is 36.0 Å². The zero-order valence-corrected chi connectivity index (χ0v) is 23.6. The third kappa shape index (κ3) is 7.54. The molecular formula is C29H43N5O3. The van der Waals surface area contributed by atoms with E-state index in [2.05, 4.69) is 43.3 Å². The van der Waals surface area contributed by atoms with Gasteiger partial charge in [0, 0.05) is 18.8 Å². The van der Waals surface area contributed by atoms with Crippen molar-refractivity contribution in [1.82, 2.24) is 15.2 Å². The third-order valence-corrected chi connectivity index (χ3v) is 6.36. The number of imide groups is 1. The lowest BCUT2D eigenvalue weighted by Gasteiger charge is -2.21. The molecule has 1 aliphatic rings. The second-order valence-electron chi connectivity index (χ2n) is 10.1. The molecule has 1 aromatic carbocycles. The molecule has 5 amide bonds. The number of anilines is 2. The van der Waals surface area contributed by atoms with E-state index in [9.17, 15) is 14.4 Å². The van der Waals surface area contributed by atoms with Gasteiger partial charge >= 0.3 is 12.1 Å². The summed E-state index contributed by atoms with van der Waals surface area (Å²) >= 11 is 0. The highest BCUT2D eigenvalue weighted by Gasteiger charge is 2.43. The fourth-order valence-electron chi connectivity index (χ4n) is 4.16. The van der Waals surface area contributed by atoms with Gasteiger partial charge in [0.15, 0.2) is 0 Å². The Morgan fingerprint density at radius 3 is 2.30 bits per heavy atom. The molecule has 0 aliphatic carbocycles. The monoisotopic (exact) mass is 509 g/mol. The summed E-state index contributed by atoms with van der Waals surface area (Å²) in [6.45, 7) is 16.4. The molecule has 8 heteroatoms. The first kappa shape index (κ1) is 29.8. The van der Waals surface area contributed by atoms with Gasteiger partial charge in [-0.3, -0.25) is 10.1 Å². The van der Waals surface area contributed by atoms with Crippen LogP contribution in [0.3, 0.4) is 0 Å². The summed E-state index contributed by atoms with van der Waals surface area (Å²) in [6, 6.07) is 9.91. The van der Waals surface area contributed by atoms with Crippen LogP contribution in [0.5, 0.6) is 0 Å². The molecule has 3 rings (SSSR count). The Kier molecular flexibility index (Phi) is 10.6. The van der Waals surface area contributed by atoms with E-state index < -0.39 is 6.04 Å². The Morgan fingerprint density at radius 2 is 1.73 bits per heavy atom. The second kappa shape index (κ2) is 13.2. The Labute approximate surface area is 221 Å². The first-order valence-corrected chi connectivity index (χ1v) is 13.3. The smallest absolute Gasteiger partial charge is 0.332 e. The Bertz CT molecular complexity index is 1060. The van der Waals surface area contributed by atoms with Gasteiger partial charge in [0.2, 0.25) is 0 Å². The highest BCUT2D eigenvalue weighted by Crippen LogP contribution is 2.29. The van der Waals surface area contributed by atoms with Crippen LogP contribution in [-0.2, 0) is 16.8 Å². The fourth-order valence-corrected chi connectivity index (χ4v) is 4.16. The summed E-state index contributed by atoms with van der Waals surface area (Å²) in [5, 5.41) is 5.73. The standard InChI is InChI=1S/C27H37N5O3.C2H6/c1-7-9-21(8-2)29-25(34)30-23-16-19(14-15-28-23)17-31-18(3)24(33)32(26(31)35)22-12-10-20(11-13-22)27(4,5)6;1-2/h10-16,18,21H,7-9,17H2,1-6H3,(H2,28,29,30,34);1-2H3. The molecule has 202 valence electrons. The van der Waals surface area contributed by atoms with Crippen molar-refractivity contribution < 1.29 is 14.4 Å². The van der Waals surface area contributed by atoms with Gasteiger partial charge in [-0.05, 0) is 60.6 Å². The van der Waals surface area contributed by atoms with E-state index in [0.717, 1.165) is 30.4 Å². The molecule has 0 bridgehead atoms. The largest absolute Gasteiger partial charge is 0.335 e. The normalized spacial score (nSPS) is 16.3. The zero-order chi connectivity index (χ0) is 27.8. The minimum atomic E-state index is -0.600. The van der Waals surface area contributed by atoms with Crippen LogP contribution in [0.4, 0.5) is 21.1 Å². The molecular weight excluding hydrogens is 466 g/mol. The summed E-state index contributed by atoms with van der Waals surface area (Å²) in [5.74, 6) is 0.137. The molecule has 2 atom stereocenters. The molecule has 37 heavy (non-hydrogen) atoms. The lowest BCUT2D eigenvalue weighted by molar-refractivity contribution is -0.119. The van der Waals surface area contributed by atoms with E-state index in [1.807, 2.05) is 45.0 Å². The van der Waals surface area contributed by atoms with E-state index in [0.29, 0.717) is 11.5 Å². The predicted molar refractivity (Wildman–Crippen MR) is 150 cm³/mol. The number of hydrogen-bond acceptors (Lipinski definition) is 4. The van der Waals surface area contributed by atoms with Gasteiger partial charge in [-0.25, -0.2) is 19.5 Å². The first-order valence-electron chi connectivity index (χ1n) is 13.3. The highest BCUT2D eigenvalue weighted by atomic mass is 16.2. The van der Waals surface area contributed by atoms with E-state index in [1.54, 1.807) is 25.3 Å². The van der Waals surface area contributed by atoms with Crippen LogP contribution in [0, 0.1) is 0 Å². The predicted octanol–water partition coefficient (Wildman–Crippen LogP) is 6.46. The van der Waals surface area contributed by atoms with Crippen molar-refractivity contribution in [3.05, 3.63) is 53.7 Å². The maximum atomic E-state index is 13.2. The number of nitrogens with one attached hydrogen (secondary N) is 2. The average molecular weight is 510 g/mol. The Morgan fingerprint density at radius 1 is 1.08 bits per heavy atom. The van der Waals surface area contributed by atoms with Gasteiger partial charge in [0.25, 0.3) is 5.91 Å². The topological polar surface area (TPSA) is 94.6 Å². The molecule has 2 heterocycles. The van der Waals surface area contributed by atoms with Crippen molar-refractivity contribution in [3.8, 4) is 0 Å². The molecule has 1 fully saturated rings. The second-order valence-corrected chi connectivity index (χ2v) is 10.1. The summed E-state index contributed by atoms with van der Waals surface area (Å²) in [6.07, 6.45) is 4.35. The van der Waals surface area contributed by atoms with E-state index in [1.165, 1.54) is 9.80 Å². The number of urea groups is 2. The molecule has 2 N–H and O–H groups in total. The molecule has 1 aliphatic heterocycles. The zero-order valence-electron chi connectivity index (χ0n) is 23.6. The minimum absolute atomic E-state index is 0.0195. The Balaban J connectivity index is 0.00000235. The lowest BCUT2D eigenvalue weighted by Crippen LogP contribution is -2.37.